The van der Waals surface area contributed by atoms with Gasteiger partial charge in [0.25, 0.3) is 0 Å². The molecule has 4 heteroatoms. The second-order valence-corrected chi connectivity index (χ2v) is 5.25. The Morgan fingerprint density at radius 3 is 2.68 bits per heavy atom. The normalized spacial score (nSPS) is 12.4. The first kappa shape index (κ1) is 14.0. The second kappa shape index (κ2) is 6.17. The van der Waals surface area contributed by atoms with E-state index in [0.29, 0.717) is 12.1 Å². The van der Waals surface area contributed by atoms with E-state index in [9.17, 15) is 9.50 Å². The molecule has 0 spiro atoms. The molecule has 19 heavy (non-hydrogen) atoms. The summed E-state index contributed by atoms with van der Waals surface area (Å²) < 4.78 is 14.7. The molecular weight excluding hydrogens is 309 g/mol. The van der Waals surface area contributed by atoms with Gasteiger partial charge in [0, 0.05) is 28.7 Å². The van der Waals surface area contributed by atoms with Gasteiger partial charge in [0.1, 0.15) is 11.6 Å². The maximum Gasteiger partial charge on any atom is 0.131 e. The van der Waals surface area contributed by atoms with Crippen molar-refractivity contribution in [2.45, 2.75) is 19.5 Å². The van der Waals surface area contributed by atoms with E-state index in [-0.39, 0.29) is 11.8 Å². The van der Waals surface area contributed by atoms with Gasteiger partial charge >= 0.3 is 0 Å². The summed E-state index contributed by atoms with van der Waals surface area (Å²) in [4.78, 5) is 0. The molecule has 2 rings (SSSR count). The third-order valence-corrected chi connectivity index (χ3v) is 3.78. The Labute approximate surface area is 120 Å². The Balaban J connectivity index is 2.05. The second-order valence-electron chi connectivity index (χ2n) is 4.40. The Morgan fingerprint density at radius 1 is 1.26 bits per heavy atom. The predicted octanol–water partition coefficient (Wildman–Crippen LogP) is 4.14. The van der Waals surface area contributed by atoms with Crippen molar-refractivity contribution in [2.75, 3.05) is 0 Å². The number of phenolic OH excluding ortho intramolecular Hbond substituents is 1. The van der Waals surface area contributed by atoms with Gasteiger partial charge in [-0.15, -0.1) is 0 Å². The van der Waals surface area contributed by atoms with E-state index in [4.69, 9.17) is 0 Å². The lowest BCUT2D eigenvalue weighted by Crippen LogP contribution is -2.19. The topological polar surface area (TPSA) is 32.3 Å². The smallest absolute Gasteiger partial charge is 0.131 e. The Hall–Kier alpha value is -1.39. The summed E-state index contributed by atoms with van der Waals surface area (Å²) in [7, 11) is 0. The minimum absolute atomic E-state index is 0.0562. The molecule has 0 saturated heterocycles. The molecule has 0 aliphatic carbocycles. The number of halogens is 2. The maximum atomic E-state index is 13.7. The van der Waals surface area contributed by atoms with Crippen LogP contribution in [0.15, 0.2) is 46.9 Å². The van der Waals surface area contributed by atoms with Gasteiger partial charge in [-0.05, 0) is 24.6 Å². The summed E-state index contributed by atoms with van der Waals surface area (Å²) in [6, 6.07) is 12.0. The third-order valence-electron chi connectivity index (χ3n) is 3.01. The van der Waals surface area contributed by atoms with Crippen LogP contribution in [-0.4, -0.2) is 5.11 Å². The van der Waals surface area contributed by atoms with Crippen LogP contribution in [0.25, 0.3) is 0 Å². The number of hydrogen-bond donors (Lipinski definition) is 2. The summed E-state index contributed by atoms with van der Waals surface area (Å²) in [5, 5.41) is 12.5. The van der Waals surface area contributed by atoms with E-state index < -0.39 is 5.82 Å². The van der Waals surface area contributed by atoms with Gasteiger partial charge in [-0.25, -0.2) is 4.39 Å². The lowest BCUT2D eigenvalue weighted by atomic mass is 10.1. The zero-order valence-electron chi connectivity index (χ0n) is 10.5. The average molecular weight is 324 g/mol. The van der Waals surface area contributed by atoms with Crippen LogP contribution in [0, 0.1) is 5.82 Å². The monoisotopic (exact) mass is 323 g/mol. The van der Waals surface area contributed by atoms with Gasteiger partial charge < -0.3 is 10.4 Å². The van der Waals surface area contributed by atoms with Crippen molar-refractivity contribution < 1.29 is 9.50 Å². The van der Waals surface area contributed by atoms with Gasteiger partial charge in [0.05, 0.1) is 0 Å². The fourth-order valence-electron chi connectivity index (χ4n) is 1.88. The van der Waals surface area contributed by atoms with Crippen LogP contribution in [0.2, 0.25) is 0 Å². The molecule has 0 aliphatic heterocycles. The molecule has 2 N–H and O–H groups in total. The molecule has 0 amide bonds. The zero-order chi connectivity index (χ0) is 13.8. The van der Waals surface area contributed by atoms with E-state index in [1.807, 2.05) is 31.2 Å². The highest BCUT2D eigenvalue weighted by Gasteiger charge is 2.11. The van der Waals surface area contributed by atoms with Gasteiger partial charge in [0.15, 0.2) is 0 Å². The number of aromatic hydroxyl groups is 1. The highest BCUT2D eigenvalue weighted by Crippen LogP contribution is 2.22. The molecule has 0 saturated carbocycles. The molecule has 0 radical (unpaired) electrons. The fraction of sp³-hybridized carbons (Fsp3) is 0.200. The number of phenols is 1. The lowest BCUT2D eigenvalue weighted by molar-refractivity contribution is 0.463. The van der Waals surface area contributed by atoms with Crippen LogP contribution in [0.1, 0.15) is 24.1 Å². The minimum Gasteiger partial charge on any atom is -0.508 e. The fourth-order valence-corrected chi connectivity index (χ4v) is 2.31. The Bertz CT molecular complexity index is 574. The number of hydrogen-bond acceptors (Lipinski definition) is 2. The molecule has 0 bridgehead atoms. The van der Waals surface area contributed by atoms with Crippen LogP contribution in [-0.2, 0) is 6.54 Å². The van der Waals surface area contributed by atoms with Crippen LogP contribution < -0.4 is 5.32 Å². The molecule has 100 valence electrons. The predicted molar refractivity (Wildman–Crippen MR) is 77.5 cm³/mol. The summed E-state index contributed by atoms with van der Waals surface area (Å²) in [5.74, 6) is -0.452. The molecule has 2 nitrogen and oxygen atoms in total. The van der Waals surface area contributed by atoms with Crippen molar-refractivity contribution in [2.24, 2.45) is 0 Å². The molecule has 0 fully saturated rings. The van der Waals surface area contributed by atoms with E-state index in [0.717, 1.165) is 16.1 Å². The molecule has 2 aromatic rings. The Kier molecular flexibility index (Phi) is 4.56. The van der Waals surface area contributed by atoms with Crippen LogP contribution in [0.3, 0.4) is 0 Å². The average Bonchev–Trinajstić information content (AvgIpc) is 2.37. The number of benzene rings is 2. The van der Waals surface area contributed by atoms with Gasteiger partial charge in [0.2, 0.25) is 0 Å². The standard InChI is InChI=1S/C15H15BrFNO/c1-10(13-7-6-12(19)8-15(13)17)18-9-11-4-2-3-5-14(11)16/h2-8,10,18-19H,9H2,1H3. The molecule has 1 atom stereocenters. The van der Waals surface area contributed by atoms with E-state index in [2.05, 4.69) is 21.2 Å². The van der Waals surface area contributed by atoms with Gasteiger partial charge in [-0.2, -0.15) is 0 Å². The first-order valence-corrected chi connectivity index (χ1v) is 6.82. The first-order valence-electron chi connectivity index (χ1n) is 6.03. The van der Waals surface area contributed by atoms with Crippen LogP contribution in [0.5, 0.6) is 5.75 Å². The molecule has 0 aliphatic rings. The summed E-state index contributed by atoms with van der Waals surface area (Å²) in [6.45, 7) is 2.54. The van der Waals surface area contributed by atoms with Gasteiger partial charge in [-0.3, -0.25) is 0 Å². The molecule has 1 unspecified atom stereocenters. The molecule has 0 heterocycles. The van der Waals surface area contributed by atoms with Crippen molar-refractivity contribution in [1.82, 2.24) is 5.32 Å². The van der Waals surface area contributed by atoms with Crippen molar-refractivity contribution in [3.8, 4) is 5.75 Å². The molecule has 2 aromatic carbocycles. The van der Waals surface area contributed by atoms with E-state index in [1.165, 1.54) is 6.07 Å². The lowest BCUT2D eigenvalue weighted by Gasteiger charge is -2.16. The Morgan fingerprint density at radius 2 is 2.00 bits per heavy atom. The third kappa shape index (κ3) is 3.55. The maximum absolute atomic E-state index is 13.7. The SMILES string of the molecule is CC(NCc1ccccc1Br)c1ccc(O)cc1F. The van der Waals surface area contributed by atoms with E-state index in [1.54, 1.807) is 6.07 Å². The summed E-state index contributed by atoms with van der Waals surface area (Å²) >= 11 is 3.48. The highest BCUT2D eigenvalue weighted by molar-refractivity contribution is 9.10. The van der Waals surface area contributed by atoms with Crippen molar-refractivity contribution in [3.05, 3.63) is 63.9 Å². The number of nitrogens with one attached hydrogen (secondary N) is 1. The van der Waals surface area contributed by atoms with Crippen molar-refractivity contribution >= 4 is 15.9 Å². The summed E-state index contributed by atoms with van der Waals surface area (Å²) in [5.41, 5.74) is 1.67. The quantitative estimate of drug-likeness (QED) is 0.886. The largest absolute Gasteiger partial charge is 0.508 e. The number of rotatable bonds is 4. The molecule has 0 aromatic heterocycles. The van der Waals surface area contributed by atoms with Crippen molar-refractivity contribution in [3.63, 3.8) is 0 Å². The highest BCUT2D eigenvalue weighted by atomic mass is 79.9. The minimum atomic E-state index is -0.396. The van der Waals surface area contributed by atoms with Gasteiger partial charge in [-0.1, -0.05) is 40.2 Å². The molecular formula is C15H15BrFNO. The van der Waals surface area contributed by atoms with Crippen LogP contribution >= 0.6 is 15.9 Å². The first-order chi connectivity index (χ1) is 9.08. The van der Waals surface area contributed by atoms with Crippen LogP contribution in [0.4, 0.5) is 4.39 Å². The summed E-state index contributed by atoms with van der Waals surface area (Å²) in [6.07, 6.45) is 0. The van der Waals surface area contributed by atoms with Crippen molar-refractivity contribution in [1.29, 1.82) is 0 Å². The zero-order valence-corrected chi connectivity index (χ0v) is 12.1. The van der Waals surface area contributed by atoms with E-state index >= 15 is 0 Å².